The summed E-state index contributed by atoms with van der Waals surface area (Å²) in [6.45, 7) is 5.18. The van der Waals surface area contributed by atoms with Crippen LogP contribution in [-0.2, 0) is 4.74 Å². The van der Waals surface area contributed by atoms with E-state index < -0.39 is 5.79 Å². The second kappa shape index (κ2) is 9.27. The first-order valence-corrected chi connectivity index (χ1v) is 11.4. The number of carbonyl (C=O) groups excluding carboxylic acids is 1. The number of nitrogens with one attached hydrogen (secondary N) is 3. The van der Waals surface area contributed by atoms with Gasteiger partial charge in [-0.2, -0.15) is 0 Å². The number of carbonyl (C=O) groups is 1. The van der Waals surface area contributed by atoms with Crippen LogP contribution in [0.3, 0.4) is 0 Å². The van der Waals surface area contributed by atoms with E-state index >= 15 is 0 Å². The predicted octanol–water partition coefficient (Wildman–Crippen LogP) is 4.83. The van der Waals surface area contributed by atoms with E-state index in [9.17, 15) is 4.79 Å². The number of rotatable bonds is 8. The zero-order valence-corrected chi connectivity index (χ0v) is 19.8. The molecule has 0 spiro atoms. The number of H-pyrrole nitrogens is 1. The van der Waals surface area contributed by atoms with Crippen molar-refractivity contribution in [1.29, 1.82) is 0 Å². The summed E-state index contributed by atoms with van der Waals surface area (Å²) in [7, 11) is 1.68. The molecule has 3 heterocycles. The molecule has 1 amide bonds. The van der Waals surface area contributed by atoms with Gasteiger partial charge in [0.25, 0.3) is 5.91 Å². The smallest absolute Gasteiger partial charge is 0.257 e. The van der Waals surface area contributed by atoms with Crippen LogP contribution in [0, 0.1) is 0 Å². The SMILES string of the molecule is COCCCNc1ccc(C(=O)Nc2ccc3nc(-c4ccc5c(c4)OC(C)(C)O5)[nH]c3c2)cn1. The van der Waals surface area contributed by atoms with E-state index in [0.717, 1.165) is 35.4 Å². The standard InChI is InChI=1S/C26H27N5O4/c1-26(2)34-21-9-5-16(13-22(21)35-26)24-30-19-8-7-18(14-20(19)31-24)29-25(32)17-6-10-23(28-15-17)27-11-4-12-33-3/h5-10,13-15H,4,11-12H2,1-3H3,(H,27,28)(H,29,32)(H,30,31). The van der Waals surface area contributed by atoms with Gasteiger partial charge in [-0.3, -0.25) is 4.79 Å². The van der Waals surface area contributed by atoms with Crippen molar-refractivity contribution in [3.8, 4) is 22.9 Å². The van der Waals surface area contributed by atoms with Crippen LogP contribution in [0.4, 0.5) is 11.5 Å². The highest BCUT2D eigenvalue weighted by Crippen LogP contribution is 2.41. The Morgan fingerprint density at radius 3 is 2.74 bits per heavy atom. The van der Waals surface area contributed by atoms with Crippen molar-refractivity contribution in [3.05, 3.63) is 60.3 Å². The van der Waals surface area contributed by atoms with Crippen LogP contribution in [0.1, 0.15) is 30.6 Å². The molecular weight excluding hydrogens is 446 g/mol. The molecule has 0 saturated carbocycles. The molecule has 0 atom stereocenters. The Morgan fingerprint density at radius 2 is 1.94 bits per heavy atom. The monoisotopic (exact) mass is 473 g/mol. The maximum Gasteiger partial charge on any atom is 0.257 e. The normalized spacial score (nSPS) is 13.7. The molecule has 0 aliphatic carbocycles. The van der Waals surface area contributed by atoms with Crippen molar-refractivity contribution in [3.63, 3.8) is 0 Å². The number of imidazole rings is 1. The molecule has 3 N–H and O–H groups in total. The van der Waals surface area contributed by atoms with E-state index in [-0.39, 0.29) is 5.91 Å². The fraction of sp³-hybridized carbons (Fsp3) is 0.269. The van der Waals surface area contributed by atoms with E-state index in [1.807, 2.05) is 50.2 Å². The molecule has 4 aromatic rings. The number of pyridine rings is 1. The third kappa shape index (κ3) is 5.04. The lowest BCUT2D eigenvalue weighted by Crippen LogP contribution is -2.29. The summed E-state index contributed by atoms with van der Waals surface area (Å²) in [5.41, 5.74) is 3.62. The van der Waals surface area contributed by atoms with Crippen molar-refractivity contribution < 1.29 is 19.0 Å². The largest absolute Gasteiger partial charge is 0.449 e. The van der Waals surface area contributed by atoms with Crippen molar-refractivity contribution in [2.75, 3.05) is 30.9 Å². The Bertz CT molecular complexity index is 1360. The topological polar surface area (TPSA) is 110 Å². The first kappa shape index (κ1) is 22.7. The summed E-state index contributed by atoms with van der Waals surface area (Å²) in [5, 5.41) is 6.12. The molecule has 0 bridgehead atoms. The van der Waals surface area contributed by atoms with Gasteiger partial charge in [-0.15, -0.1) is 0 Å². The van der Waals surface area contributed by atoms with Gasteiger partial charge in [0.1, 0.15) is 11.6 Å². The summed E-state index contributed by atoms with van der Waals surface area (Å²) >= 11 is 0. The Balaban J connectivity index is 1.27. The molecule has 5 rings (SSSR count). The molecule has 2 aromatic carbocycles. The Hall–Kier alpha value is -4.11. The van der Waals surface area contributed by atoms with Gasteiger partial charge in [-0.05, 0) is 55.0 Å². The molecule has 1 aliphatic rings. The lowest BCUT2D eigenvalue weighted by Gasteiger charge is -2.16. The van der Waals surface area contributed by atoms with Crippen LogP contribution >= 0.6 is 0 Å². The van der Waals surface area contributed by atoms with E-state index in [1.165, 1.54) is 0 Å². The van der Waals surface area contributed by atoms with Crippen LogP contribution < -0.4 is 20.1 Å². The van der Waals surface area contributed by atoms with Crippen LogP contribution in [-0.4, -0.2) is 46.9 Å². The number of aromatic amines is 1. The molecule has 9 nitrogen and oxygen atoms in total. The van der Waals surface area contributed by atoms with Gasteiger partial charge in [0.05, 0.1) is 16.6 Å². The number of amides is 1. The average molecular weight is 474 g/mol. The number of nitrogens with zero attached hydrogens (tertiary/aromatic N) is 2. The van der Waals surface area contributed by atoms with Gasteiger partial charge in [-0.25, -0.2) is 9.97 Å². The minimum absolute atomic E-state index is 0.235. The molecule has 0 saturated heterocycles. The minimum atomic E-state index is -0.682. The van der Waals surface area contributed by atoms with Crippen molar-refractivity contribution >= 4 is 28.4 Å². The number of methoxy groups -OCH3 is 1. The zero-order valence-electron chi connectivity index (χ0n) is 19.8. The third-order valence-corrected chi connectivity index (χ3v) is 5.53. The van der Waals surface area contributed by atoms with E-state index in [2.05, 4.69) is 25.6 Å². The fourth-order valence-corrected chi connectivity index (χ4v) is 3.86. The number of hydrogen-bond acceptors (Lipinski definition) is 7. The van der Waals surface area contributed by atoms with Gasteiger partial charge in [0.15, 0.2) is 11.5 Å². The summed E-state index contributed by atoms with van der Waals surface area (Å²) in [6, 6.07) is 14.8. The van der Waals surface area contributed by atoms with Gasteiger partial charge in [-0.1, -0.05) is 0 Å². The van der Waals surface area contributed by atoms with E-state index in [0.29, 0.717) is 35.2 Å². The lowest BCUT2D eigenvalue weighted by atomic mass is 10.2. The van der Waals surface area contributed by atoms with Crippen molar-refractivity contribution in [2.45, 2.75) is 26.1 Å². The molecule has 0 fully saturated rings. The maximum absolute atomic E-state index is 12.7. The highest BCUT2D eigenvalue weighted by molar-refractivity contribution is 6.05. The number of benzene rings is 2. The van der Waals surface area contributed by atoms with E-state index in [1.54, 1.807) is 25.4 Å². The highest BCUT2D eigenvalue weighted by atomic mass is 16.7. The van der Waals surface area contributed by atoms with Gasteiger partial charge in [0.2, 0.25) is 5.79 Å². The number of anilines is 2. The second-order valence-electron chi connectivity index (χ2n) is 8.74. The quantitative estimate of drug-likeness (QED) is 0.314. The average Bonchev–Trinajstić information content (AvgIpc) is 3.40. The summed E-state index contributed by atoms with van der Waals surface area (Å²) < 4.78 is 16.6. The van der Waals surface area contributed by atoms with E-state index in [4.69, 9.17) is 14.2 Å². The predicted molar refractivity (Wildman–Crippen MR) is 134 cm³/mol. The number of hydrogen-bond donors (Lipinski definition) is 3. The van der Waals surface area contributed by atoms with Crippen LogP contribution in [0.2, 0.25) is 0 Å². The molecule has 9 heteroatoms. The summed E-state index contributed by atoms with van der Waals surface area (Å²) in [4.78, 5) is 25.0. The number of ether oxygens (including phenoxy) is 3. The van der Waals surface area contributed by atoms with Crippen LogP contribution in [0.15, 0.2) is 54.7 Å². The Labute approximate surface area is 202 Å². The number of fused-ring (bicyclic) bond motifs is 2. The molecule has 1 aliphatic heterocycles. The fourth-order valence-electron chi connectivity index (χ4n) is 3.86. The van der Waals surface area contributed by atoms with Crippen LogP contribution in [0.5, 0.6) is 11.5 Å². The molecule has 35 heavy (non-hydrogen) atoms. The molecular formula is C26H27N5O4. The molecule has 0 unspecified atom stereocenters. The summed E-state index contributed by atoms with van der Waals surface area (Å²) in [5.74, 6) is 1.91. The lowest BCUT2D eigenvalue weighted by molar-refractivity contribution is -0.0431. The maximum atomic E-state index is 12.7. The number of aromatic nitrogens is 3. The zero-order chi connectivity index (χ0) is 24.4. The molecule has 0 radical (unpaired) electrons. The van der Waals surface area contributed by atoms with Crippen molar-refractivity contribution in [1.82, 2.24) is 15.0 Å². The Kier molecular flexibility index (Phi) is 6.00. The second-order valence-corrected chi connectivity index (χ2v) is 8.74. The minimum Gasteiger partial charge on any atom is -0.449 e. The molecule has 2 aromatic heterocycles. The summed E-state index contributed by atoms with van der Waals surface area (Å²) in [6.07, 6.45) is 2.44. The Morgan fingerprint density at radius 1 is 1.09 bits per heavy atom. The van der Waals surface area contributed by atoms with Gasteiger partial charge in [0, 0.05) is 51.6 Å². The third-order valence-electron chi connectivity index (χ3n) is 5.53. The first-order chi connectivity index (χ1) is 16.9. The first-order valence-electron chi connectivity index (χ1n) is 11.4. The molecule has 180 valence electrons. The highest BCUT2D eigenvalue weighted by Gasteiger charge is 2.31. The van der Waals surface area contributed by atoms with Crippen molar-refractivity contribution in [2.24, 2.45) is 0 Å². The van der Waals surface area contributed by atoms with Gasteiger partial charge < -0.3 is 29.8 Å². The van der Waals surface area contributed by atoms with Gasteiger partial charge >= 0.3 is 0 Å². The van der Waals surface area contributed by atoms with Crippen LogP contribution in [0.25, 0.3) is 22.4 Å².